The molecule has 1 unspecified atom stereocenters. The summed E-state index contributed by atoms with van der Waals surface area (Å²) >= 11 is 0. The number of ether oxygens (including phenoxy) is 2. The Labute approximate surface area is 181 Å². The number of rotatable bonds is 7. The molecule has 0 aliphatic carbocycles. The Hall–Kier alpha value is -3.26. The van der Waals surface area contributed by atoms with Gasteiger partial charge in [-0.1, -0.05) is 22.9 Å². The van der Waals surface area contributed by atoms with Crippen molar-refractivity contribution in [1.29, 1.82) is 0 Å². The van der Waals surface area contributed by atoms with Gasteiger partial charge in [-0.2, -0.15) is 4.98 Å². The maximum atomic E-state index is 12.7. The third kappa shape index (κ3) is 5.27. The standard InChI is InChI=1S/C23H26N4O4/c1-16-7-8-19(17(2)13-16)29-11-4-6-21(28)27-10-12-30-20(15-27)23-25-22(26-31-23)18-5-3-9-24-14-18/h3,5,7-9,13-14,20H,4,6,10-12,15H2,1-2H3. The van der Waals surface area contributed by atoms with Crippen LogP contribution < -0.4 is 4.74 Å². The smallest absolute Gasteiger partial charge is 0.257 e. The molecule has 1 aromatic carbocycles. The Morgan fingerprint density at radius 2 is 2.19 bits per heavy atom. The lowest BCUT2D eigenvalue weighted by atomic mass is 10.1. The van der Waals surface area contributed by atoms with E-state index < -0.39 is 6.10 Å². The second-order valence-corrected chi connectivity index (χ2v) is 7.62. The van der Waals surface area contributed by atoms with Gasteiger partial charge in [-0.25, -0.2) is 0 Å². The first-order chi connectivity index (χ1) is 15.1. The Bertz CT molecular complexity index is 1020. The maximum absolute atomic E-state index is 12.7. The number of aryl methyl sites for hydroxylation is 2. The van der Waals surface area contributed by atoms with Crippen LogP contribution in [-0.4, -0.2) is 52.2 Å². The number of benzene rings is 1. The molecule has 3 heterocycles. The Kier molecular flexibility index (Phi) is 6.57. The number of morpholine rings is 1. The van der Waals surface area contributed by atoms with Crippen molar-refractivity contribution >= 4 is 5.91 Å². The summed E-state index contributed by atoms with van der Waals surface area (Å²) in [6, 6.07) is 9.76. The summed E-state index contributed by atoms with van der Waals surface area (Å²) in [5.74, 6) is 1.77. The van der Waals surface area contributed by atoms with Gasteiger partial charge >= 0.3 is 0 Å². The predicted octanol–water partition coefficient (Wildman–Crippen LogP) is 3.51. The van der Waals surface area contributed by atoms with Crippen molar-refractivity contribution < 1.29 is 18.8 Å². The zero-order chi connectivity index (χ0) is 21.6. The highest BCUT2D eigenvalue weighted by atomic mass is 16.5. The van der Waals surface area contributed by atoms with E-state index in [4.69, 9.17) is 14.0 Å². The lowest BCUT2D eigenvalue weighted by Gasteiger charge is -2.31. The second-order valence-electron chi connectivity index (χ2n) is 7.62. The highest BCUT2D eigenvalue weighted by Crippen LogP contribution is 2.24. The van der Waals surface area contributed by atoms with Crippen molar-refractivity contribution in [3.05, 3.63) is 59.7 Å². The summed E-state index contributed by atoms with van der Waals surface area (Å²) < 4.78 is 17.0. The number of hydrogen-bond donors (Lipinski definition) is 0. The van der Waals surface area contributed by atoms with Crippen LogP contribution in [0.15, 0.2) is 47.2 Å². The fourth-order valence-corrected chi connectivity index (χ4v) is 3.53. The van der Waals surface area contributed by atoms with Crippen LogP contribution in [0.5, 0.6) is 5.75 Å². The lowest BCUT2D eigenvalue weighted by molar-refractivity contribution is -0.140. The van der Waals surface area contributed by atoms with Crippen LogP contribution >= 0.6 is 0 Å². The van der Waals surface area contributed by atoms with E-state index in [-0.39, 0.29) is 5.91 Å². The van der Waals surface area contributed by atoms with Crippen LogP contribution in [0.25, 0.3) is 11.4 Å². The normalized spacial score (nSPS) is 16.3. The van der Waals surface area contributed by atoms with Gasteiger partial charge in [0, 0.05) is 30.9 Å². The highest BCUT2D eigenvalue weighted by Gasteiger charge is 2.29. The van der Waals surface area contributed by atoms with Crippen LogP contribution in [0.2, 0.25) is 0 Å². The zero-order valence-corrected chi connectivity index (χ0v) is 17.8. The zero-order valence-electron chi connectivity index (χ0n) is 17.8. The van der Waals surface area contributed by atoms with Gasteiger partial charge in [0.15, 0.2) is 6.10 Å². The fraction of sp³-hybridized carbons (Fsp3) is 0.391. The summed E-state index contributed by atoms with van der Waals surface area (Å²) in [7, 11) is 0. The number of aromatic nitrogens is 3. The van der Waals surface area contributed by atoms with Gasteiger partial charge in [0.25, 0.3) is 5.89 Å². The molecule has 8 nitrogen and oxygen atoms in total. The van der Waals surface area contributed by atoms with E-state index in [0.717, 1.165) is 16.9 Å². The average molecular weight is 422 g/mol. The van der Waals surface area contributed by atoms with E-state index >= 15 is 0 Å². The molecule has 4 rings (SSSR count). The molecule has 2 aromatic heterocycles. The van der Waals surface area contributed by atoms with Crippen molar-refractivity contribution in [2.75, 3.05) is 26.3 Å². The van der Waals surface area contributed by atoms with E-state index in [2.05, 4.69) is 28.1 Å². The third-order valence-corrected chi connectivity index (χ3v) is 5.18. The highest BCUT2D eigenvalue weighted by molar-refractivity contribution is 5.76. The monoisotopic (exact) mass is 422 g/mol. The molecular formula is C23H26N4O4. The van der Waals surface area contributed by atoms with E-state index in [1.165, 1.54) is 5.56 Å². The summed E-state index contributed by atoms with van der Waals surface area (Å²) in [4.78, 5) is 22.9. The van der Waals surface area contributed by atoms with Gasteiger partial charge in [-0.3, -0.25) is 9.78 Å². The molecule has 1 amide bonds. The molecule has 3 aromatic rings. The van der Waals surface area contributed by atoms with E-state index in [1.54, 1.807) is 17.3 Å². The molecule has 1 aliphatic rings. The minimum absolute atomic E-state index is 0.0736. The molecule has 0 spiro atoms. The quantitative estimate of drug-likeness (QED) is 0.538. The van der Waals surface area contributed by atoms with Gasteiger partial charge in [-0.15, -0.1) is 0 Å². The lowest BCUT2D eigenvalue weighted by Crippen LogP contribution is -2.42. The summed E-state index contributed by atoms with van der Waals surface area (Å²) in [5.41, 5.74) is 3.08. The van der Waals surface area contributed by atoms with E-state index in [0.29, 0.717) is 50.9 Å². The Morgan fingerprint density at radius 1 is 1.29 bits per heavy atom. The minimum atomic E-state index is -0.429. The molecule has 1 saturated heterocycles. The predicted molar refractivity (Wildman–Crippen MR) is 113 cm³/mol. The molecule has 31 heavy (non-hydrogen) atoms. The van der Waals surface area contributed by atoms with Crippen molar-refractivity contribution in [3.8, 4) is 17.1 Å². The van der Waals surface area contributed by atoms with Crippen LogP contribution in [0.3, 0.4) is 0 Å². The second kappa shape index (κ2) is 9.70. The van der Waals surface area contributed by atoms with E-state index in [1.807, 2.05) is 31.2 Å². The van der Waals surface area contributed by atoms with Crippen molar-refractivity contribution in [1.82, 2.24) is 20.0 Å². The van der Waals surface area contributed by atoms with Crippen molar-refractivity contribution in [2.45, 2.75) is 32.8 Å². The molecule has 0 saturated carbocycles. The van der Waals surface area contributed by atoms with Gasteiger partial charge in [0.05, 0.1) is 19.8 Å². The molecule has 0 N–H and O–H groups in total. The van der Waals surface area contributed by atoms with Crippen LogP contribution in [0.4, 0.5) is 0 Å². The molecular weight excluding hydrogens is 396 g/mol. The number of hydrogen-bond acceptors (Lipinski definition) is 7. The molecule has 1 atom stereocenters. The largest absolute Gasteiger partial charge is 0.493 e. The van der Waals surface area contributed by atoms with E-state index in [9.17, 15) is 4.79 Å². The number of carbonyl (C=O) groups excluding carboxylic acids is 1. The number of carbonyl (C=O) groups is 1. The third-order valence-electron chi connectivity index (χ3n) is 5.18. The summed E-state index contributed by atoms with van der Waals surface area (Å²) in [6.07, 6.45) is 4.00. The first kappa shape index (κ1) is 21.0. The van der Waals surface area contributed by atoms with Crippen LogP contribution in [0.1, 0.15) is 36.0 Å². The number of amides is 1. The average Bonchev–Trinajstić information content (AvgIpc) is 3.29. The molecule has 8 heteroatoms. The first-order valence-corrected chi connectivity index (χ1v) is 10.4. The summed E-state index contributed by atoms with van der Waals surface area (Å²) in [6.45, 7) is 5.96. The van der Waals surface area contributed by atoms with Gasteiger partial charge in [-0.05, 0) is 44.0 Å². The van der Waals surface area contributed by atoms with Crippen molar-refractivity contribution in [3.63, 3.8) is 0 Å². The fourth-order valence-electron chi connectivity index (χ4n) is 3.53. The van der Waals surface area contributed by atoms with Gasteiger partial charge in [0.1, 0.15) is 5.75 Å². The Morgan fingerprint density at radius 3 is 3.00 bits per heavy atom. The first-order valence-electron chi connectivity index (χ1n) is 10.4. The molecule has 0 bridgehead atoms. The Balaban J connectivity index is 1.27. The molecule has 1 aliphatic heterocycles. The molecule has 0 radical (unpaired) electrons. The van der Waals surface area contributed by atoms with Crippen LogP contribution in [-0.2, 0) is 9.53 Å². The maximum Gasteiger partial charge on any atom is 0.257 e. The van der Waals surface area contributed by atoms with Crippen LogP contribution in [0, 0.1) is 13.8 Å². The molecule has 1 fully saturated rings. The molecule has 162 valence electrons. The van der Waals surface area contributed by atoms with Gasteiger partial charge in [0.2, 0.25) is 11.7 Å². The number of pyridine rings is 1. The van der Waals surface area contributed by atoms with Crippen molar-refractivity contribution in [2.24, 2.45) is 0 Å². The number of nitrogens with zero attached hydrogens (tertiary/aromatic N) is 4. The SMILES string of the molecule is Cc1ccc(OCCCC(=O)N2CCOC(c3nc(-c4cccnc4)no3)C2)c(C)c1. The van der Waals surface area contributed by atoms with Gasteiger partial charge < -0.3 is 18.9 Å². The minimum Gasteiger partial charge on any atom is -0.493 e. The topological polar surface area (TPSA) is 90.6 Å². The summed E-state index contributed by atoms with van der Waals surface area (Å²) in [5, 5.41) is 4.01.